The number of hydrogen-bond donors (Lipinski definition) is 1. The number of nitrogens with zero attached hydrogens (tertiary/aromatic N) is 7. The van der Waals surface area contributed by atoms with Crippen molar-refractivity contribution in [3.8, 4) is 6.07 Å². The quantitative estimate of drug-likeness (QED) is 0.510. The monoisotopic (exact) mass is 444 g/mol. The highest BCUT2D eigenvalue weighted by Gasteiger charge is 2.29. The molecule has 0 saturated carbocycles. The third-order valence-corrected chi connectivity index (χ3v) is 6.48. The first-order valence-electron chi connectivity index (χ1n) is 10.9. The zero-order valence-electron chi connectivity index (χ0n) is 18.0. The molecule has 2 aliphatic rings. The van der Waals surface area contributed by atoms with E-state index < -0.39 is 5.82 Å². The van der Waals surface area contributed by atoms with Gasteiger partial charge in [-0.15, -0.1) is 0 Å². The molecule has 0 unspecified atom stereocenters. The number of halogens is 1. The van der Waals surface area contributed by atoms with E-state index in [0.717, 1.165) is 35.0 Å². The molecule has 5 heterocycles. The molecule has 0 radical (unpaired) electrons. The van der Waals surface area contributed by atoms with Gasteiger partial charge in [0.25, 0.3) is 0 Å². The van der Waals surface area contributed by atoms with Crippen molar-refractivity contribution in [1.29, 1.82) is 5.26 Å². The van der Waals surface area contributed by atoms with Gasteiger partial charge in [-0.2, -0.15) is 15.5 Å². The lowest BCUT2D eigenvalue weighted by Gasteiger charge is -2.34. The van der Waals surface area contributed by atoms with Crippen LogP contribution in [0.4, 0.5) is 15.8 Å². The molecule has 0 spiro atoms. The largest absolute Gasteiger partial charge is 0.362 e. The predicted octanol–water partition coefficient (Wildman–Crippen LogP) is 2.21. The van der Waals surface area contributed by atoms with Crippen molar-refractivity contribution in [1.82, 2.24) is 24.7 Å². The van der Waals surface area contributed by atoms with E-state index in [-0.39, 0.29) is 17.6 Å². The third-order valence-electron chi connectivity index (χ3n) is 6.48. The van der Waals surface area contributed by atoms with Crippen molar-refractivity contribution in [2.24, 2.45) is 0 Å². The second-order valence-corrected chi connectivity index (χ2v) is 8.51. The Labute approximate surface area is 188 Å². The van der Waals surface area contributed by atoms with Crippen LogP contribution in [0.25, 0.3) is 16.4 Å². The van der Waals surface area contributed by atoms with Crippen LogP contribution in [-0.4, -0.2) is 51.5 Å². The van der Waals surface area contributed by atoms with Crippen molar-refractivity contribution in [2.45, 2.75) is 19.5 Å². The van der Waals surface area contributed by atoms with Gasteiger partial charge in [-0.3, -0.25) is 9.48 Å². The molecular weight excluding hydrogens is 423 g/mol. The second kappa shape index (κ2) is 7.28. The van der Waals surface area contributed by atoms with Gasteiger partial charge >= 0.3 is 0 Å². The number of carbonyl (C=O) groups is 1. The molecule has 9 nitrogen and oxygen atoms in total. The number of hydrogen-bond acceptors (Lipinski definition) is 6. The Balaban J connectivity index is 1.41. The molecule has 10 heteroatoms. The summed E-state index contributed by atoms with van der Waals surface area (Å²) in [6, 6.07) is 11.5. The molecule has 1 atom stereocenters. The van der Waals surface area contributed by atoms with E-state index in [4.69, 9.17) is 5.10 Å². The molecule has 1 N–H and O–H groups in total. The number of piperazine rings is 1. The van der Waals surface area contributed by atoms with E-state index in [2.05, 4.69) is 28.3 Å². The summed E-state index contributed by atoms with van der Waals surface area (Å²) in [7, 11) is 0. The third kappa shape index (κ3) is 2.97. The van der Waals surface area contributed by atoms with Crippen LogP contribution in [0.15, 0.2) is 36.5 Å². The molecule has 3 aromatic heterocycles. The summed E-state index contributed by atoms with van der Waals surface area (Å²) in [5.41, 5.74) is 4.00. The van der Waals surface area contributed by atoms with Crippen LogP contribution in [0, 0.1) is 17.1 Å². The number of anilines is 2. The van der Waals surface area contributed by atoms with E-state index in [0.29, 0.717) is 37.4 Å². The van der Waals surface area contributed by atoms with Gasteiger partial charge in [-0.1, -0.05) is 0 Å². The van der Waals surface area contributed by atoms with Crippen LogP contribution >= 0.6 is 0 Å². The molecule has 6 rings (SSSR count). The fourth-order valence-electron chi connectivity index (χ4n) is 4.93. The highest BCUT2D eigenvalue weighted by molar-refractivity contribution is 5.98. The zero-order valence-corrected chi connectivity index (χ0v) is 18.0. The summed E-state index contributed by atoms with van der Waals surface area (Å²) < 4.78 is 18.0. The fourth-order valence-corrected chi connectivity index (χ4v) is 4.93. The Kier molecular flexibility index (Phi) is 4.35. The van der Waals surface area contributed by atoms with Crippen LogP contribution in [0.1, 0.15) is 24.4 Å². The number of amides is 1. The van der Waals surface area contributed by atoms with Crippen molar-refractivity contribution >= 4 is 33.7 Å². The second-order valence-electron chi connectivity index (χ2n) is 8.51. The lowest BCUT2D eigenvalue weighted by Crippen LogP contribution is -2.48. The van der Waals surface area contributed by atoms with Crippen LogP contribution in [0.5, 0.6) is 0 Å². The molecular formula is C23H21FN8O. The van der Waals surface area contributed by atoms with Crippen LogP contribution in [0.3, 0.4) is 0 Å². The smallest absolute Gasteiger partial charge is 0.240 e. The average molecular weight is 444 g/mol. The van der Waals surface area contributed by atoms with E-state index in [1.54, 1.807) is 17.0 Å². The minimum absolute atomic E-state index is 0.0482. The van der Waals surface area contributed by atoms with Gasteiger partial charge in [0.15, 0.2) is 5.82 Å². The number of pyridine rings is 1. The first-order valence-corrected chi connectivity index (χ1v) is 10.9. The molecule has 1 saturated heterocycles. The molecule has 1 amide bonds. The maximum atomic E-state index is 14.6. The molecule has 4 aromatic rings. The summed E-state index contributed by atoms with van der Waals surface area (Å²) in [6.07, 6.45) is 1.14. The Morgan fingerprint density at radius 3 is 2.97 bits per heavy atom. The van der Waals surface area contributed by atoms with E-state index in [1.165, 1.54) is 4.52 Å². The van der Waals surface area contributed by atoms with Crippen LogP contribution < -0.4 is 15.1 Å². The molecule has 2 aliphatic heterocycles. The van der Waals surface area contributed by atoms with Crippen molar-refractivity contribution < 1.29 is 9.18 Å². The Morgan fingerprint density at radius 1 is 1.27 bits per heavy atom. The summed E-state index contributed by atoms with van der Waals surface area (Å²) >= 11 is 0. The minimum Gasteiger partial charge on any atom is -0.362 e. The van der Waals surface area contributed by atoms with E-state index >= 15 is 0 Å². The maximum absolute atomic E-state index is 14.6. The number of nitrogens with one attached hydrogen (secondary N) is 1. The molecule has 0 bridgehead atoms. The maximum Gasteiger partial charge on any atom is 0.240 e. The van der Waals surface area contributed by atoms with E-state index in [9.17, 15) is 14.4 Å². The average Bonchev–Trinajstić information content (AvgIpc) is 3.40. The molecule has 1 fully saturated rings. The van der Waals surface area contributed by atoms with E-state index in [1.807, 2.05) is 22.9 Å². The van der Waals surface area contributed by atoms with Gasteiger partial charge in [0.1, 0.15) is 17.3 Å². The summed E-state index contributed by atoms with van der Waals surface area (Å²) in [6.45, 7) is 4.99. The van der Waals surface area contributed by atoms with Gasteiger partial charge < -0.3 is 15.1 Å². The normalized spacial score (nSPS) is 18.7. The lowest BCUT2D eigenvalue weighted by molar-refractivity contribution is -0.118. The topological polar surface area (TPSA) is 94.5 Å². The number of carbonyl (C=O) groups excluding carboxylic acids is 1. The first-order chi connectivity index (χ1) is 16.0. The first kappa shape index (κ1) is 19.7. The lowest BCUT2D eigenvalue weighted by atomic mass is 10.1. The summed E-state index contributed by atoms with van der Waals surface area (Å²) in [5, 5.41) is 22.3. The van der Waals surface area contributed by atoms with Gasteiger partial charge in [-0.25, -0.2) is 8.91 Å². The minimum atomic E-state index is -0.455. The number of benzene rings is 1. The molecule has 166 valence electrons. The summed E-state index contributed by atoms with van der Waals surface area (Å²) in [4.78, 5) is 16.2. The Morgan fingerprint density at radius 2 is 2.15 bits per heavy atom. The van der Waals surface area contributed by atoms with Crippen molar-refractivity contribution in [2.75, 3.05) is 36.0 Å². The number of aromatic nitrogens is 4. The SMILES string of the molecule is C[C@@H]1CN(c2ccc(C#N)n3ncc(F)c23)Cc2c3ccc(N4CCNCC4=O)cc3nn21. The number of nitriles is 1. The van der Waals surface area contributed by atoms with Gasteiger partial charge in [0, 0.05) is 30.7 Å². The zero-order chi connectivity index (χ0) is 22.7. The van der Waals surface area contributed by atoms with Crippen LogP contribution in [-0.2, 0) is 11.3 Å². The Hall–Kier alpha value is -3.97. The highest BCUT2D eigenvalue weighted by Crippen LogP contribution is 2.35. The standard InChI is InChI=1S/C23H21FN8O/c1-14-12-29(20-5-3-16(9-25)32-23(20)18(24)10-27-32)13-21-17-4-2-15(8-19(17)28-31(14)21)30-7-6-26-11-22(30)33/h2-5,8,10,14,26H,6-7,11-13H2,1H3/t14-/m1/s1. The van der Waals surface area contributed by atoms with Gasteiger partial charge in [0.2, 0.25) is 5.91 Å². The number of rotatable bonds is 2. The molecule has 1 aromatic carbocycles. The highest BCUT2D eigenvalue weighted by atomic mass is 19.1. The predicted molar refractivity (Wildman–Crippen MR) is 121 cm³/mol. The summed E-state index contributed by atoms with van der Waals surface area (Å²) in [5.74, 6) is -0.402. The van der Waals surface area contributed by atoms with Crippen molar-refractivity contribution in [3.05, 3.63) is 53.7 Å². The fraction of sp³-hybridized carbons (Fsp3) is 0.304. The van der Waals surface area contributed by atoms with Crippen LogP contribution in [0.2, 0.25) is 0 Å². The number of fused-ring (bicyclic) bond motifs is 4. The Bertz CT molecular complexity index is 1460. The van der Waals surface area contributed by atoms with Gasteiger partial charge in [-0.05, 0) is 37.3 Å². The van der Waals surface area contributed by atoms with Crippen molar-refractivity contribution in [3.63, 3.8) is 0 Å². The molecule has 33 heavy (non-hydrogen) atoms. The molecule has 0 aliphatic carbocycles. The van der Waals surface area contributed by atoms with Gasteiger partial charge in [0.05, 0.1) is 42.2 Å².